The van der Waals surface area contributed by atoms with Gasteiger partial charge in [-0.05, 0) is 55.7 Å². The van der Waals surface area contributed by atoms with E-state index in [1.165, 1.54) is 0 Å². The summed E-state index contributed by atoms with van der Waals surface area (Å²) in [5, 5.41) is 12.8. The van der Waals surface area contributed by atoms with E-state index in [4.69, 9.17) is 4.98 Å². The average Bonchev–Trinajstić information content (AvgIpc) is 3.21. The summed E-state index contributed by atoms with van der Waals surface area (Å²) in [5.74, 6) is 1.06. The molecule has 1 fully saturated rings. The van der Waals surface area contributed by atoms with E-state index in [0.717, 1.165) is 65.4 Å². The van der Waals surface area contributed by atoms with Gasteiger partial charge in [-0.1, -0.05) is 30.3 Å². The van der Waals surface area contributed by atoms with Gasteiger partial charge in [-0.3, -0.25) is 14.1 Å². The zero-order valence-electron chi connectivity index (χ0n) is 19.8. The summed E-state index contributed by atoms with van der Waals surface area (Å²) in [5.41, 5.74) is 7.18. The van der Waals surface area contributed by atoms with Crippen molar-refractivity contribution in [3.8, 4) is 6.07 Å². The fourth-order valence-electron chi connectivity index (χ4n) is 4.83. The lowest BCUT2D eigenvalue weighted by molar-refractivity contribution is -0.117. The molecule has 172 valence electrons. The van der Waals surface area contributed by atoms with Gasteiger partial charge in [0.1, 0.15) is 11.9 Å². The molecule has 7 heteroatoms. The predicted octanol–water partition coefficient (Wildman–Crippen LogP) is 4.05. The summed E-state index contributed by atoms with van der Waals surface area (Å²) in [6, 6.07) is 18.4. The molecule has 1 N–H and O–H groups in total. The molecule has 3 heterocycles. The van der Waals surface area contributed by atoms with Crippen LogP contribution in [0, 0.1) is 32.1 Å². The molecular weight excluding hydrogens is 424 g/mol. The molecule has 0 aliphatic carbocycles. The van der Waals surface area contributed by atoms with Gasteiger partial charge in [0.05, 0.1) is 23.1 Å². The molecule has 7 nitrogen and oxygen atoms in total. The van der Waals surface area contributed by atoms with Crippen LogP contribution in [0.15, 0.2) is 48.5 Å². The molecule has 2 aromatic heterocycles. The number of hydrogen-bond donors (Lipinski definition) is 1. The third-order valence-electron chi connectivity index (χ3n) is 6.67. The molecule has 0 radical (unpaired) electrons. The fraction of sp³-hybridized carbons (Fsp3) is 0.296. The van der Waals surface area contributed by atoms with Crippen LogP contribution in [-0.4, -0.2) is 52.9 Å². The maximum Gasteiger partial charge on any atom is 0.238 e. The van der Waals surface area contributed by atoms with E-state index >= 15 is 0 Å². The van der Waals surface area contributed by atoms with E-state index in [1.807, 2.05) is 63.2 Å². The van der Waals surface area contributed by atoms with E-state index in [9.17, 15) is 10.1 Å². The van der Waals surface area contributed by atoms with Gasteiger partial charge in [0, 0.05) is 31.9 Å². The quantitative estimate of drug-likeness (QED) is 0.506. The summed E-state index contributed by atoms with van der Waals surface area (Å²) in [7, 11) is 0. The monoisotopic (exact) mass is 452 g/mol. The van der Waals surface area contributed by atoms with Crippen molar-refractivity contribution >= 4 is 34.1 Å². The van der Waals surface area contributed by atoms with Crippen molar-refractivity contribution in [1.29, 1.82) is 5.26 Å². The zero-order chi connectivity index (χ0) is 23.8. The third kappa shape index (κ3) is 3.87. The number of nitrogens with zero attached hydrogens (tertiary/aromatic N) is 5. The van der Waals surface area contributed by atoms with Crippen LogP contribution in [0.4, 0.5) is 11.5 Å². The molecule has 1 aliphatic rings. The number of imidazole rings is 1. The van der Waals surface area contributed by atoms with Gasteiger partial charge in [-0.2, -0.15) is 5.26 Å². The number of anilines is 2. The SMILES string of the molecule is Cc1cccc(C)c1NC(=O)CN1CCN(c2cc(C)c(C#N)c3nc4ccccc4n23)CC1. The molecule has 0 atom stereocenters. The number of fused-ring (bicyclic) bond motifs is 3. The van der Waals surface area contributed by atoms with Gasteiger partial charge < -0.3 is 10.2 Å². The summed E-state index contributed by atoms with van der Waals surface area (Å²) >= 11 is 0. The second kappa shape index (κ2) is 8.81. The Morgan fingerprint density at radius 1 is 1.00 bits per heavy atom. The Labute approximate surface area is 199 Å². The summed E-state index contributed by atoms with van der Waals surface area (Å²) in [6.45, 7) is 9.53. The number of para-hydroxylation sites is 3. The van der Waals surface area contributed by atoms with Gasteiger partial charge in [-0.15, -0.1) is 0 Å². The molecule has 0 saturated carbocycles. The third-order valence-corrected chi connectivity index (χ3v) is 6.67. The number of nitriles is 1. The van der Waals surface area contributed by atoms with Gasteiger partial charge >= 0.3 is 0 Å². The standard InChI is InChI=1S/C27H28N6O/c1-18-7-6-8-19(2)26(18)30-24(34)17-31-11-13-32(14-12-31)25-15-20(3)21(16-28)27-29-22-9-4-5-10-23(22)33(25)27/h4-10,15H,11-14,17H2,1-3H3,(H,30,34). The molecule has 5 rings (SSSR count). The van der Waals surface area contributed by atoms with Crippen LogP contribution in [0.2, 0.25) is 0 Å². The Kier molecular flexibility index (Phi) is 5.68. The number of rotatable bonds is 4. The highest BCUT2D eigenvalue weighted by Crippen LogP contribution is 2.29. The van der Waals surface area contributed by atoms with Gasteiger partial charge in [0.15, 0.2) is 5.65 Å². The van der Waals surface area contributed by atoms with Gasteiger partial charge in [-0.25, -0.2) is 4.98 Å². The second-order valence-corrected chi connectivity index (χ2v) is 9.01. The van der Waals surface area contributed by atoms with Crippen molar-refractivity contribution in [1.82, 2.24) is 14.3 Å². The zero-order valence-corrected chi connectivity index (χ0v) is 19.8. The highest BCUT2D eigenvalue weighted by molar-refractivity contribution is 5.93. The molecular formula is C27H28N6O. The van der Waals surface area contributed by atoms with Crippen molar-refractivity contribution in [3.63, 3.8) is 0 Å². The number of hydrogen-bond acceptors (Lipinski definition) is 5. The average molecular weight is 453 g/mol. The fourth-order valence-corrected chi connectivity index (χ4v) is 4.83. The number of benzene rings is 2. The highest BCUT2D eigenvalue weighted by atomic mass is 16.2. The minimum Gasteiger partial charge on any atom is -0.355 e. The highest BCUT2D eigenvalue weighted by Gasteiger charge is 2.24. The lowest BCUT2D eigenvalue weighted by atomic mass is 10.1. The van der Waals surface area contributed by atoms with E-state index < -0.39 is 0 Å². The van der Waals surface area contributed by atoms with Crippen LogP contribution in [0.5, 0.6) is 0 Å². The molecule has 1 amide bonds. The Bertz CT molecular complexity index is 1420. The molecule has 1 aliphatic heterocycles. The minimum atomic E-state index is 0.0167. The number of carbonyl (C=O) groups excluding carboxylic acids is 1. The van der Waals surface area contributed by atoms with Crippen LogP contribution < -0.4 is 10.2 Å². The molecule has 2 aromatic carbocycles. The lowest BCUT2D eigenvalue weighted by Crippen LogP contribution is -2.49. The number of pyridine rings is 1. The molecule has 1 saturated heterocycles. The van der Waals surface area contributed by atoms with Crippen LogP contribution in [0.1, 0.15) is 22.3 Å². The second-order valence-electron chi connectivity index (χ2n) is 9.01. The van der Waals surface area contributed by atoms with Crippen molar-refractivity contribution in [2.75, 3.05) is 42.9 Å². The van der Waals surface area contributed by atoms with E-state index in [0.29, 0.717) is 17.8 Å². The Morgan fingerprint density at radius 2 is 1.71 bits per heavy atom. The molecule has 4 aromatic rings. The van der Waals surface area contributed by atoms with Crippen LogP contribution in [0.25, 0.3) is 16.7 Å². The number of nitrogens with one attached hydrogen (secondary N) is 1. The number of carbonyl (C=O) groups is 1. The van der Waals surface area contributed by atoms with E-state index in [1.54, 1.807) is 0 Å². The molecule has 0 bridgehead atoms. The minimum absolute atomic E-state index is 0.0167. The van der Waals surface area contributed by atoms with Gasteiger partial charge in [0.25, 0.3) is 0 Å². The summed E-state index contributed by atoms with van der Waals surface area (Å²) < 4.78 is 2.10. The predicted molar refractivity (Wildman–Crippen MR) is 135 cm³/mol. The number of aromatic nitrogens is 2. The largest absolute Gasteiger partial charge is 0.355 e. The number of aryl methyl sites for hydroxylation is 3. The van der Waals surface area contributed by atoms with Crippen LogP contribution >= 0.6 is 0 Å². The summed E-state index contributed by atoms with van der Waals surface area (Å²) in [6.07, 6.45) is 0. The molecule has 34 heavy (non-hydrogen) atoms. The van der Waals surface area contributed by atoms with E-state index in [2.05, 4.69) is 31.7 Å². The Balaban J connectivity index is 1.35. The first-order valence-electron chi connectivity index (χ1n) is 11.6. The first-order chi connectivity index (χ1) is 16.5. The maximum absolute atomic E-state index is 12.7. The van der Waals surface area contributed by atoms with Crippen LogP contribution in [0.3, 0.4) is 0 Å². The first-order valence-corrected chi connectivity index (χ1v) is 11.6. The molecule has 0 spiro atoms. The van der Waals surface area contributed by atoms with Crippen molar-refractivity contribution in [2.24, 2.45) is 0 Å². The smallest absolute Gasteiger partial charge is 0.238 e. The van der Waals surface area contributed by atoms with Crippen molar-refractivity contribution in [3.05, 3.63) is 70.8 Å². The van der Waals surface area contributed by atoms with Crippen LogP contribution in [-0.2, 0) is 4.79 Å². The van der Waals surface area contributed by atoms with Crippen molar-refractivity contribution < 1.29 is 4.79 Å². The van der Waals surface area contributed by atoms with E-state index in [-0.39, 0.29) is 5.91 Å². The number of amides is 1. The first kappa shape index (κ1) is 21.9. The lowest BCUT2D eigenvalue weighted by Gasteiger charge is -2.36. The van der Waals surface area contributed by atoms with Crippen molar-refractivity contribution in [2.45, 2.75) is 20.8 Å². The van der Waals surface area contributed by atoms with Gasteiger partial charge in [0.2, 0.25) is 5.91 Å². The Hall–Kier alpha value is -3.89. The Morgan fingerprint density at radius 3 is 2.41 bits per heavy atom. The molecule has 0 unspecified atom stereocenters. The maximum atomic E-state index is 12.7. The normalized spacial score (nSPS) is 14.5. The number of piperazine rings is 1. The summed E-state index contributed by atoms with van der Waals surface area (Å²) in [4.78, 5) is 22.0. The topological polar surface area (TPSA) is 76.7 Å².